The van der Waals surface area contributed by atoms with Crippen molar-refractivity contribution in [2.75, 3.05) is 11.9 Å². The first-order valence-corrected chi connectivity index (χ1v) is 7.16. The van der Waals surface area contributed by atoms with Crippen molar-refractivity contribution in [2.24, 2.45) is 0 Å². The number of alkyl halides is 2. The first-order chi connectivity index (χ1) is 10.9. The van der Waals surface area contributed by atoms with E-state index in [4.69, 9.17) is 4.74 Å². The predicted octanol–water partition coefficient (Wildman–Crippen LogP) is 4.21. The van der Waals surface area contributed by atoms with Crippen molar-refractivity contribution in [1.82, 2.24) is 0 Å². The molecule has 0 unspecified atom stereocenters. The fraction of sp³-hybridized carbons (Fsp3) is 0.133. The van der Waals surface area contributed by atoms with Crippen LogP contribution in [0.15, 0.2) is 46.9 Å². The van der Waals surface area contributed by atoms with Crippen molar-refractivity contribution in [3.8, 4) is 11.5 Å². The van der Waals surface area contributed by atoms with E-state index in [0.29, 0.717) is 10.2 Å². The molecule has 1 amide bonds. The number of halogens is 4. The van der Waals surface area contributed by atoms with Gasteiger partial charge < -0.3 is 14.8 Å². The third-order valence-corrected chi connectivity index (χ3v) is 3.11. The average Bonchev–Trinajstić information content (AvgIpc) is 2.48. The summed E-state index contributed by atoms with van der Waals surface area (Å²) in [6, 6.07) is 9.57. The molecule has 23 heavy (non-hydrogen) atoms. The van der Waals surface area contributed by atoms with Gasteiger partial charge in [0.1, 0.15) is 5.75 Å². The first-order valence-electron chi connectivity index (χ1n) is 6.36. The molecular weight excluding hydrogens is 379 g/mol. The van der Waals surface area contributed by atoms with E-state index < -0.39 is 24.9 Å². The highest BCUT2D eigenvalue weighted by Gasteiger charge is 2.09. The van der Waals surface area contributed by atoms with Crippen LogP contribution in [0.2, 0.25) is 0 Å². The monoisotopic (exact) mass is 389 g/mol. The highest BCUT2D eigenvalue weighted by Crippen LogP contribution is 2.21. The quantitative estimate of drug-likeness (QED) is 0.804. The van der Waals surface area contributed by atoms with Crippen LogP contribution in [0.1, 0.15) is 0 Å². The zero-order valence-electron chi connectivity index (χ0n) is 11.6. The molecule has 0 aliphatic carbocycles. The number of amides is 1. The van der Waals surface area contributed by atoms with E-state index in [0.717, 1.165) is 0 Å². The molecule has 0 saturated carbocycles. The van der Waals surface area contributed by atoms with E-state index >= 15 is 0 Å². The van der Waals surface area contributed by atoms with Crippen molar-refractivity contribution >= 4 is 27.5 Å². The van der Waals surface area contributed by atoms with Crippen LogP contribution in [0.3, 0.4) is 0 Å². The maximum absolute atomic E-state index is 13.5. The summed E-state index contributed by atoms with van der Waals surface area (Å²) in [6.07, 6.45) is 0. The number of benzene rings is 2. The molecule has 0 fully saturated rings. The Morgan fingerprint density at radius 2 is 1.87 bits per heavy atom. The van der Waals surface area contributed by atoms with Gasteiger partial charge in [0, 0.05) is 10.2 Å². The van der Waals surface area contributed by atoms with E-state index in [1.54, 1.807) is 6.07 Å². The van der Waals surface area contributed by atoms with Gasteiger partial charge >= 0.3 is 6.61 Å². The molecule has 0 bridgehead atoms. The number of carbonyl (C=O) groups is 1. The molecule has 8 heteroatoms. The Labute approximate surface area is 138 Å². The largest absolute Gasteiger partial charge is 0.481 e. The lowest BCUT2D eigenvalue weighted by Gasteiger charge is -2.09. The summed E-state index contributed by atoms with van der Waals surface area (Å²) in [5, 5.41) is 2.48. The zero-order chi connectivity index (χ0) is 16.8. The van der Waals surface area contributed by atoms with E-state index in [1.165, 1.54) is 36.4 Å². The molecule has 0 saturated heterocycles. The van der Waals surface area contributed by atoms with Gasteiger partial charge in [0.05, 0.1) is 0 Å². The normalized spacial score (nSPS) is 10.5. The Balaban J connectivity index is 1.87. The third-order valence-electron chi connectivity index (χ3n) is 2.62. The van der Waals surface area contributed by atoms with Gasteiger partial charge in [-0.3, -0.25) is 4.79 Å². The molecule has 4 nitrogen and oxygen atoms in total. The van der Waals surface area contributed by atoms with Gasteiger partial charge in [-0.15, -0.1) is 0 Å². The molecule has 1 N–H and O–H groups in total. The molecule has 0 atom stereocenters. The summed E-state index contributed by atoms with van der Waals surface area (Å²) in [7, 11) is 0. The number of hydrogen-bond donors (Lipinski definition) is 1. The fourth-order valence-electron chi connectivity index (χ4n) is 1.65. The van der Waals surface area contributed by atoms with Gasteiger partial charge in [0.15, 0.2) is 18.2 Å². The minimum Gasteiger partial charge on any atom is -0.481 e. The Bertz CT molecular complexity index is 680. The second kappa shape index (κ2) is 7.87. The average molecular weight is 390 g/mol. The highest BCUT2D eigenvalue weighted by atomic mass is 79.9. The molecule has 2 rings (SSSR count). The van der Waals surface area contributed by atoms with E-state index in [1.807, 2.05) is 0 Å². The van der Waals surface area contributed by atoms with Crippen LogP contribution in [0.25, 0.3) is 0 Å². The van der Waals surface area contributed by atoms with Crippen molar-refractivity contribution in [3.05, 3.63) is 52.8 Å². The molecule has 2 aromatic rings. The summed E-state index contributed by atoms with van der Waals surface area (Å²) < 4.78 is 47.3. The summed E-state index contributed by atoms with van der Waals surface area (Å²) in [6.45, 7) is -3.31. The first kappa shape index (κ1) is 17.1. The molecule has 0 radical (unpaired) electrons. The van der Waals surface area contributed by atoms with Crippen LogP contribution in [0.5, 0.6) is 11.5 Å². The summed E-state index contributed by atoms with van der Waals surface area (Å²) >= 11 is 3.11. The third kappa shape index (κ3) is 5.48. The lowest BCUT2D eigenvalue weighted by Crippen LogP contribution is -2.20. The van der Waals surface area contributed by atoms with E-state index in [2.05, 4.69) is 26.0 Å². The summed E-state index contributed by atoms with van der Waals surface area (Å²) in [4.78, 5) is 11.7. The number of carbonyl (C=O) groups excluding carboxylic acids is 1. The Morgan fingerprint density at radius 1 is 1.17 bits per heavy atom. The van der Waals surface area contributed by atoms with E-state index in [-0.39, 0.29) is 11.5 Å². The second-order valence-electron chi connectivity index (χ2n) is 4.31. The number of rotatable bonds is 6. The van der Waals surface area contributed by atoms with Crippen LogP contribution in [-0.2, 0) is 4.79 Å². The molecule has 0 aliphatic heterocycles. The maximum Gasteiger partial charge on any atom is 0.387 e. The molecule has 0 spiro atoms. The van der Waals surface area contributed by atoms with E-state index in [9.17, 15) is 18.0 Å². The molecule has 122 valence electrons. The Hall–Kier alpha value is -2.22. The Morgan fingerprint density at radius 3 is 2.48 bits per heavy atom. The smallest absolute Gasteiger partial charge is 0.387 e. The van der Waals surface area contributed by atoms with Gasteiger partial charge in [0.25, 0.3) is 5.91 Å². The number of hydrogen-bond acceptors (Lipinski definition) is 3. The second-order valence-corrected chi connectivity index (χ2v) is 5.23. The van der Waals surface area contributed by atoms with Crippen molar-refractivity contribution in [3.63, 3.8) is 0 Å². The molecule has 2 aromatic carbocycles. The number of anilines is 1. The van der Waals surface area contributed by atoms with Gasteiger partial charge in [-0.25, -0.2) is 4.39 Å². The maximum atomic E-state index is 13.5. The van der Waals surface area contributed by atoms with Crippen LogP contribution in [-0.4, -0.2) is 19.1 Å². The molecule has 0 aliphatic rings. The van der Waals surface area contributed by atoms with Crippen molar-refractivity contribution < 1.29 is 27.4 Å². The van der Waals surface area contributed by atoms with Crippen LogP contribution < -0.4 is 14.8 Å². The van der Waals surface area contributed by atoms with Gasteiger partial charge in [-0.05, 0) is 42.5 Å². The summed E-state index contributed by atoms with van der Waals surface area (Å²) in [5.41, 5.74) is 0.372. The molecule has 0 heterocycles. The lowest BCUT2D eigenvalue weighted by atomic mass is 10.3. The van der Waals surface area contributed by atoms with Gasteiger partial charge in [-0.1, -0.05) is 15.9 Å². The summed E-state index contributed by atoms with van der Waals surface area (Å²) in [5.74, 6) is -1.19. The van der Waals surface area contributed by atoms with Crippen LogP contribution in [0, 0.1) is 5.82 Å². The standard InChI is InChI=1S/C15H11BrF3NO3/c16-9-1-6-13(12(17)7-9)22-8-14(21)20-10-2-4-11(5-3-10)23-15(18)19/h1-7,15H,8H2,(H,20,21). The zero-order valence-corrected chi connectivity index (χ0v) is 13.1. The van der Waals surface area contributed by atoms with Crippen LogP contribution in [0.4, 0.5) is 18.9 Å². The lowest BCUT2D eigenvalue weighted by molar-refractivity contribution is -0.118. The topological polar surface area (TPSA) is 47.6 Å². The van der Waals surface area contributed by atoms with Crippen molar-refractivity contribution in [2.45, 2.75) is 6.61 Å². The Kier molecular flexibility index (Phi) is 5.86. The van der Waals surface area contributed by atoms with Crippen LogP contribution >= 0.6 is 15.9 Å². The fourth-order valence-corrected chi connectivity index (χ4v) is 1.99. The van der Waals surface area contributed by atoms with Crippen molar-refractivity contribution in [1.29, 1.82) is 0 Å². The predicted molar refractivity (Wildman–Crippen MR) is 81.3 cm³/mol. The van der Waals surface area contributed by atoms with Gasteiger partial charge in [0.2, 0.25) is 0 Å². The SMILES string of the molecule is O=C(COc1ccc(Br)cc1F)Nc1ccc(OC(F)F)cc1. The number of nitrogens with one attached hydrogen (secondary N) is 1. The molecular formula is C15H11BrF3NO3. The number of ether oxygens (including phenoxy) is 2. The minimum absolute atomic E-state index is 0.0221. The highest BCUT2D eigenvalue weighted by molar-refractivity contribution is 9.10. The minimum atomic E-state index is -2.91. The van der Waals surface area contributed by atoms with Gasteiger partial charge in [-0.2, -0.15) is 8.78 Å². The molecule has 0 aromatic heterocycles.